The summed E-state index contributed by atoms with van der Waals surface area (Å²) >= 11 is 0. The van der Waals surface area contributed by atoms with Gasteiger partial charge >= 0.3 is 0 Å². The highest BCUT2D eigenvalue weighted by molar-refractivity contribution is 6.06. The fourth-order valence-corrected chi connectivity index (χ4v) is 2.76. The van der Waals surface area contributed by atoms with E-state index in [1.54, 1.807) is 36.4 Å². The van der Waals surface area contributed by atoms with Gasteiger partial charge in [-0.25, -0.2) is 4.39 Å². The van der Waals surface area contributed by atoms with Crippen molar-refractivity contribution in [3.63, 3.8) is 0 Å². The second kappa shape index (κ2) is 10.7. The molecule has 0 aliphatic carbocycles. The van der Waals surface area contributed by atoms with E-state index < -0.39 is 5.82 Å². The van der Waals surface area contributed by atoms with Crippen molar-refractivity contribution in [1.29, 1.82) is 0 Å². The molecule has 3 aromatic carbocycles. The molecule has 0 bridgehead atoms. The van der Waals surface area contributed by atoms with Gasteiger partial charge in [-0.2, -0.15) is 0 Å². The quantitative estimate of drug-likeness (QED) is 0.385. The van der Waals surface area contributed by atoms with Crippen molar-refractivity contribution in [3.05, 3.63) is 95.8 Å². The van der Waals surface area contributed by atoms with Crippen LogP contribution in [-0.2, 0) is 4.79 Å². The summed E-state index contributed by atoms with van der Waals surface area (Å²) in [5.41, 5.74) is 1.81. The number of allylic oxidation sites excluding steroid dienone is 1. The Morgan fingerprint density at radius 1 is 0.935 bits per heavy atom. The molecule has 0 spiro atoms. The Kier molecular flexibility index (Phi) is 7.54. The molecule has 0 saturated heterocycles. The molecule has 3 aromatic rings. The van der Waals surface area contributed by atoms with E-state index in [4.69, 9.17) is 9.47 Å². The maximum absolute atomic E-state index is 13.0. The number of benzene rings is 3. The molecular formula is C25H22FNO4. The van der Waals surface area contributed by atoms with Crippen molar-refractivity contribution in [2.75, 3.05) is 18.5 Å². The van der Waals surface area contributed by atoms with Crippen LogP contribution in [0, 0.1) is 5.82 Å². The molecule has 0 aliphatic rings. The average molecular weight is 419 g/mol. The molecule has 31 heavy (non-hydrogen) atoms. The van der Waals surface area contributed by atoms with E-state index in [1.165, 1.54) is 30.3 Å². The van der Waals surface area contributed by atoms with Crippen molar-refractivity contribution in [1.82, 2.24) is 0 Å². The standard InChI is InChI=1S/C25H22FNO4/c1-2-30-24-16-18(8-14-22(28)19-10-12-20(26)13-11-19)9-15-23(24)31-17-25(29)27-21-6-4-3-5-7-21/h3-16H,2,17H2,1H3,(H,27,29)/b14-8+. The van der Waals surface area contributed by atoms with E-state index in [-0.39, 0.29) is 18.3 Å². The minimum atomic E-state index is -0.394. The van der Waals surface area contributed by atoms with Gasteiger partial charge in [0.05, 0.1) is 6.61 Å². The van der Waals surface area contributed by atoms with Crippen LogP contribution in [0.3, 0.4) is 0 Å². The SMILES string of the molecule is CCOc1cc(/C=C/C(=O)c2ccc(F)cc2)ccc1OCC(=O)Nc1ccccc1. The Hall–Kier alpha value is -3.93. The predicted octanol–water partition coefficient (Wildman–Crippen LogP) is 5.14. The van der Waals surface area contributed by atoms with E-state index in [0.29, 0.717) is 29.4 Å². The molecule has 0 saturated carbocycles. The topological polar surface area (TPSA) is 64.6 Å². The Morgan fingerprint density at radius 3 is 2.39 bits per heavy atom. The van der Waals surface area contributed by atoms with Gasteiger partial charge in [0, 0.05) is 11.3 Å². The van der Waals surface area contributed by atoms with Gasteiger partial charge in [-0.05, 0) is 67.1 Å². The number of para-hydroxylation sites is 1. The van der Waals surface area contributed by atoms with Crippen LogP contribution in [0.2, 0.25) is 0 Å². The Morgan fingerprint density at radius 2 is 1.68 bits per heavy atom. The van der Waals surface area contributed by atoms with Gasteiger partial charge in [0.1, 0.15) is 5.82 Å². The summed E-state index contributed by atoms with van der Waals surface area (Å²) in [4.78, 5) is 24.3. The molecule has 6 heteroatoms. The molecule has 1 amide bonds. The van der Waals surface area contributed by atoms with E-state index in [9.17, 15) is 14.0 Å². The third kappa shape index (κ3) is 6.54. The number of carbonyl (C=O) groups is 2. The summed E-state index contributed by atoms with van der Waals surface area (Å²) in [6, 6.07) is 19.6. The fourth-order valence-electron chi connectivity index (χ4n) is 2.76. The minimum absolute atomic E-state index is 0.173. The van der Waals surface area contributed by atoms with Crippen molar-refractivity contribution in [2.45, 2.75) is 6.92 Å². The van der Waals surface area contributed by atoms with Gasteiger partial charge in [-0.15, -0.1) is 0 Å². The van der Waals surface area contributed by atoms with Crippen LogP contribution in [0.25, 0.3) is 6.08 Å². The first-order valence-corrected chi connectivity index (χ1v) is 9.77. The molecule has 1 N–H and O–H groups in total. The average Bonchev–Trinajstić information content (AvgIpc) is 2.78. The summed E-state index contributed by atoms with van der Waals surface area (Å²) in [5, 5.41) is 2.75. The highest BCUT2D eigenvalue weighted by atomic mass is 19.1. The van der Waals surface area contributed by atoms with Gasteiger partial charge in [-0.1, -0.05) is 30.3 Å². The van der Waals surface area contributed by atoms with E-state index in [1.807, 2.05) is 25.1 Å². The number of ether oxygens (including phenoxy) is 2. The Balaban J connectivity index is 1.65. The number of hydrogen-bond donors (Lipinski definition) is 1. The summed E-state index contributed by atoms with van der Waals surface area (Å²) < 4.78 is 24.2. The highest BCUT2D eigenvalue weighted by Crippen LogP contribution is 2.29. The highest BCUT2D eigenvalue weighted by Gasteiger charge is 2.09. The number of rotatable bonds is 9. The van der Waals surface area contributed by atoms with Crippen LogP contribution < -0.4 is 14.8 Å². The first kappa shape index (κ1) is 21.8. The second-order valence-corrected chi connectivity index (χ2v) is 6.55. The zero-order chi connectivity index (χ0) is 22.1. The second-order valence-electron chi connectivity index (χ2n) is 6.55. The Bertz CT molecular complexity index is 1060. The number of nitrogens with one attached hydrogen (secondary N) is 1. The van der Waals surface area contributed by atoms with Crippen LogP contribution in [0.4, 0.5) is 10.1 Å². The number of hydrogen-bond acceptors (Lipinski definition) is 4. The normalized spacial score (nSPS) is 10.6. The first-order valence-electron chi connectivity index (χ1n) is 9.77. The van der Waals surface area contributed by atoms with Crippen molar-refractivity contribution in [2.24, 2.45) is 0 Å². The number of carbonyl (C=O) groups excluding carboxylic acids is 2. The number of anilines is 1. The summed E-state index contributed by atoms with van der Waals surface area (Å²) in [6.07, 6.45) is 3.05. The molecule has 0 aliphatic heterocycles. The molecule has 158 valence electrons. The maximum Gasteiger partial charge on any atom is 0.262 e. The van der Waals surface area contributed by atoms with E-state index in [2.05, 4.69) is 5.32 Å². The lowest BCUT2D eigenvalue weighted by Crippen LogP contribution is -2.20. The predicted molar refractivity (Wildman–Crippen MR) is 118 cm³/mol. The number of halogens is 1. The third-order valence-electron chi connectivity index (χ3n) is 4.24. The molecule has 0 fully saturated rings. The third-order valence-corrected chi connectivity index (χ3v) is 4.24. The van der Waals surface area contributed by atoms with Crippen LogP contribution in [0.1, 0.15) is 22.8 Å². The minimum Gasteiger partial charge on any atom is -0.490 e. The molecule has 3 rings (SSSR count). The summed E-state index contributed by atoms with van der Waals surface area (Å²) in [7, 11) is 0. The van der Waals surface area contributed by atoms with Gasteiger partial charge in [0.15, 0.2) is 23.9 Å². The van der Waals surface area contributed by atoms with Crippen molar-refractivity contribution >= 4 is 23.5 Å². The smallest absolute Gasteiger partial charge is 0.262 e. The van der Waals surface area contributed by atoms with Crippen LogP contribution in [0.5, 0.6) is 11.5 Å². The molecule has 0 radical (unpaired) electrons. The lowest BCUT2D eigenvalue weighted by atomic mass is 10.1. The zero-order valence-corrected chi connectivity index (χ0v) is 17.0. The van der Waals surface area contributed by atoms with E-state index >= 15 is 0 Å². The monoisotopic (exact) mass is 419 g/mol. The number of ketones is 1. The van der Waals surface area contributed by atoms with Gasteiger partial charge in [0.2, 0.25) is 0 Å². The van der Waals surface area contributed by atoms with Crippen LogP contribution in [-0.4, -0.2) is 24.9 Å². The zero-order valence-electron chi connectivity index (χ0n) is 17.0. The molecular weight excluding hydrogens is 397 g/mol. The lowest BCUT2D eigenvalue weighted by Gasteiger charge is -2.12. The van der Waals surface area contributed by atoms with E-state index in [0.717, 1.165) is 5.56 Å². The molecule has 0 unspecified atom stereocenters. The van der Waals surface area contributed by atoms with Crippen molar-refractivity contribution < 1.29 is 23.5 Å². The van der Waals surface area contributed by atoms with Gasteiger partial charge < -0.3 is 14.8 Å². The van der Waals surface area contributed by atoms with Gasteiger partial charge in [0.25, 0.3) is 5.91 Å². The van der Waals surface area contributed by atoms with Crippen molar-refractivity contribution in [3.8, 4) is 11.5 Å². The molecule has 0 aromatic heterocycles. The van der Waals surface area contributed by atoms with Crippen LogP contribution >= 0.6 is 0 Å². The molecule has 5 nitrogen and oxygen atoms in total. The van der Waals surface area contributed by atoms with Crippen LogP contribution in [0.15, 0.2) is 78.9 Å². The summed E-state index contributed by atoms with van der Waals surface area (Å²) in [6.45, 7) is 2.08. The Labute approximate surface area is 180 Å². The molecule has 0 heterocycles. The molecule has 0 atom stereocenters. The number of amides is 1. The largest absolute Gasteiger partial charge is 0.490 e. The first-order chi connectivity index (χ1) is 15.0. The fraction of sp³-hybridized carbons (Fsp3) is 0.120. The summed E-state index contributed by atoms with van der Waals surface area (Å²) in [5.74, 6) is -0.0354. The lowest BCUT2D eigenvalue weighted by molar-refractivity contribution is -0.118. The van der Waals surface area contributed by atoms with Gasteiger partial charge in [-0.3, -0.25) is 9.59 Å². The maximum atomic E-state index is 13.0.